The van der Waals surface area contributed by atoms with Crippen LogP contribution in [-0.4, -0.2) is 19.0 Å². The summed E-state index contributed by atoms with van der Waals surface area (Å²) < 4.78 is 6.58. The van der Waals surface area contributed by atoms with Crippen LogP contribution in [0.5, 0.6) is 0 Å². The fraction of sp³-hybridized carbons (Fsp3) is 0.944. The molecule has 0 aromatic heterocycles. The van der Waals surface area contributed by atoms with Gasteiger partial charge >= 0.3 is 0 Å². The summed E-state index contributed by atoms with van der Waals surface area (Å²) in [6.07, 6.45) is 9.05. The molecule has 0 aromatic rings. The van der Waals surface area contributed by atoms with Crippen molar-refractivity contribution < 1.29 is 4.43 Å². The van der Waals surface area contributed by atoms with Gasteiger partial charge in [0, 0.05) is 10.6 Å². The zero-order chi connectivity index (χ0) is 15.5. The average molecular weight is 325 g/mol. The van der Waals surface area contributed by atoms with Crippen molar-refractivity contribution >= 4 is 22.0 Å². The van der Waals surface area contributed by atoms with Crippen LogP contribution in [0.2, 0.25) is 19.6 Å². The standard InChI is InChI=1S/C18H33OPSi/c1-17(2,3)16(19-21(4,5)6)20-18-10-13-7-14(11-18)9-15(8-13)12-18/h13-15H,7-12H2,1-6H3. The Bertz CT molecular complexity index is 406. The van der Waals surface area contributed by atoms with Gasteiger partial charge in [0.25, 0.3) is 0 Å². The Hall–Kier alpha value is 0.347. The van der Waals surface area contributed by atoms with Crippen LogP contribution in [0.25, 0.3) is 0 Å². The lowest BCUT2D eigenvalue weighted by molar-refractivity contribution is 0.0375. The normalized spacial score (nSPS) is 39.9. The number of hydrogen-bond acceptors (Lipinski definition) is 1. The highest BCUT2D eigenvalue weighted by molar-refractivity contribution is 7.42. The highest BCUT2D eigenvalue weighted by Gasteiger charge is 2.51. The van der Waals surface area contributed by atoms with E-state index in [1.807, 2.05) is 0 Å². The van der Waals surface area contributed by atoms with Crippen molar-refractivity contribution in [2.45, 2.75) is 84.1 Å². The van der Waals surface area contributed by atoms with Crippen LogP contribution in [0, 0.1) is 23.2 Å². The molecule has 0 aliphatic heterocycles. The highest BCUT2D eigenvalue weighted by atomic mass is 31.1. The lowest BCUT2D eigenvalue weighted by Crippen LogP contribution is -2.48. The fourth-order valence-corrected chi connectivity index (χ4v) is 8.76. The van der Waals surface area contributed by atoms with Crippen molar-refractivity contribution in [2.24, 2.45) is 23.2 Å². The molecule has 3 heteroatoms. The first-order valence-electron chi connectivity index (χ1n) is 8.84. The quantitative estimate of drug-likeness (QED) is 0.462. The van der Waals surface area contributed by atoms with E-state index in [1.165, 1.54) is 44.0 Å². The second-order valence-corrected chi connectivity index (χ2v) is 16.0. The van der Waals surface area contributed by atoms with Crippen molar-refractivity contribution in [3.63, 3.8) is 0 Å². The summed E-state index contributed by atoms with van der Waals surface area (Å²) in [5.74, 6) is 3.12. The van der Waals surface area contributed by atoms with Crippen LogP contribution in [0.3, 0.4) is 0 Å². The molecule has 0 aromatic carbocycles. The summed E-state index contributed by atoms with van der Waals surface area (Å²) in [5.41, 5.74) is 1.58. The molecule has 0 radical (unpaired) electrons. The Balaban J connectivity index is 1.89. The first kappa shape index (κ1) is 16.2. The second-order valence-electron chi connectivity index (χ2n) is 10.0. The molecule has 1 nitrogen and oxygen atoms in total. The van der Waals surface area contributed by atoms with Crippen molar-refractivity contribution in [3.05, 3.63) is 0 Å². The van der Waals surface area contributed by atoms with Gasteiger partial charge in [-0.1, -0.05) is 29.0 Å². The molecule has 120 valence electrons. The molecule has 4 aliphatic carbocycles. The summed E-state index contributed by atoms with van der Waals surface area (Å²) in [7, 11) is 0.0489. The third-order valence-electron chi connectivity index (χ3n) is 5.39. The Kier molecular flexibility index (Phi) is 4.00. The van der Waals surface area contributed by atoms with Crippen LogP contribution in [0.1, 0.15) is 59.3 Å². The molecule has 0 unspecified atom stereocenters. The van der Waals surface area contributed by atoms with E-state index in [0.717, 1.165) is 17.8 Å². The van der Waals surface area contributed by atoms with Crippen LogP contribution >= 0.6 is 8.20 Å². The summed E-state index contributed by atoms with van der Waals surface area (Å²) in [6, 6.07) is 0. The number of hydrogen-bond donors (Lipinski definition) is 0. The monoisotopic (exact) mass is 324 g/mol. The highest BCUT2D eigenvalue weighted by Crippen LogP contribution is 2.61. The van der Waals surface area contributed by atoms with Gasteiger partial charge in [-0.25, -0.2) is 0 Å². The third kappa shape index (κ3) is 3.65. The van der Waals surface area contributed by atoms with E-state index in [0.29, 0.717) is 5.16 Å². The van der Waals surface area contributed by atoms with Crippen LogP contribution in [0.15, 0.2) is 0 Å². The molecular formula is C18H33OPSi. The van der Waals surface area contributed by atoms with E-state index in [9.17, 15) is 0 Å². The van der Waals surface area contributed by atoms with Crippen molar-refractivity contribution in [3.8, 4) is 0 Å². The SMILES string of the molecule is CC(C)(C)C(O[Si](C)(C)C)=PC12CC3CC(CC(C3)C1)C2. The van der Waals surface area contributed by atoms with Gasteiger partial charge in [0.15, 0.2) is 8.32 Å². The summed E-state index contributed by atoms with van der Waals surface area (Å²) in [4.78, 5) is 0. The van der Waals surface area contributed by atoms with Gasteiger partial charge in [-0.3, -0.25) is 0 Å². The molecule has 4 bridgehead atoms. The largest absolute Gasteiger partial charge is 0.385 e. The Morgan fingerprint density at radius 1 is 0.952 bits per heavy atom. The molecule has 4 fully saturated rings. The Morgan fingerprint density at radius 2 is 1.38 bits per heavy atom. The molecule has 0 amide bonds. The van der Waals surface area contributed by atoms with E-state index < -0.39 is 8.32 Å². The van der Waals surface area contributed by atoms with Crippen LogP contribution < -0.4 is 0 Å². The van der Waals surface area contributed by atoms with E-state index >= 15 is 0 Å². The number of rotatable bonds is 3. The van der Waals surface area contributed by atoms with Gasteiger partial charge in [-0.15, -0.1) is 0 Å². The third-order valence-corrected chi connectivity index (χ3v) is 8.36. The average Bonchev–Trinajstić information content (AvgIpc) is 2.21. The van der Waals surface area contributed by atoms with Gasteiger partial charge in [0.2, 0.25) is 0 Å². The zero-order valence-electron chi connectivity index (χ0n) is 14.8. The zero-order valence-corrected chi connectivity index (χ0v) is 16.7. The van der Waals surface area contributed by atoms with Gasteiger partial charge in [-0.2, -0.15) is 0 Å². The van der Waals surface area contributed by atoms with Crippen molar-refractivity contribution in [2.75, 3.05) is 0 Å². The lowest BCUT2D eigenvalue weighted by atomic mass is 9.56. The summed E-state index contributed by atoms with van der Waals surface area (Å²) in [6.45, 7) is 14.0. The maximum absolute atomic E-state index is 6.58. The molecule has 0 heterocycles. The minimum absolute atomic E-state index is 0.186. The molecule has 0 atom stereocenters. The van der Waals surface area contributed by atoms with Crippen molar-refractivity contribution in [1.29, 1.82) is 0 Å². The minimum Gasteiger partial charge on any atom is -0.385 e. The predicted molar refractivity (Wildman–Crippen MR) is 96.7 cm³/mol. The molecule has 0 spiro atoms. The minimum atomic E-state index is -1.51. The van der Waals surface area contributed by atoms with Gasteiger partial charge < -0.3 is 4.43 Å². The molecule has 0 N–H and O–H groups in total. The molecule has 4 rings (SSSR count). The maximum Gasteiger partial charge on any atom is 0.191 e. The lowest BCUT2D eigenvalue weighted by Gasteiger charge is -2.55. The topological polar surface area (TPSA) is 9.23 Å². The van der Waals surface area contributed by atoms with Crippen LogP contribution in [0.4, 0.5) is 0 Å². The van der Waals surface area contributed by atoms with Gasteiger partial charge in [-0.05, 0) is 75.9 Å². The first-order chi connectivity index (χ1) is 9.55. The molecule has 4 aliphatic rings. The summed E-state index contributed by atoms with van der Waals surface area (Å²) >= 11 is 0. The van der Waals surface area contributed by atoms with E-state index in [1.54, 1.807) is 8.20 Å². The molecule has 21 heavy (non-hydrogen) atoms. The Morgan fingerprint density at radius 3 is 1.71 bits per heavy atom. The van der Waals surface area contributed by atoms with E-state index in [-0.39, 0.29) is 5.41 Å². The molecular weight excluding hydrogens is 291 g/mol. The molecule has 4 saturated carbocycles. The van der Waals surface area contributed by atoms with Crippen LogP contribution in [-0.2, 0) is 4.43 Å². The van der Waals surface area contributed by atoms with E-state index in [2.05, 4.69) is 40.4 Å². The second kappa shape index (κ2) is 5.18. The molecule has 0 saturated heterocycles. The van der Waals surface area contributed by atoms with Gasteiger partial charge in [0.05, 0.1) is 5.48 Å². The van der Waals surface area contributed by atoms with Crippen molar-refractivity contribution in [1.82, 2.24) is 0 Å². The fourth-order valence-electron chi connectivity index (χ4n) is 5.05. The predicted octanol–water partition coefficient (Wildman–Crippen LogP) is 5.93. The summed E-state index contributed by atoms with van der Waals surface area (Å²) in [5, 5.41) is 0.580. The Labute approximate surface area is 134 Å². The van der Waals surface area contributed by atoms with Gasteiger partial charge in [0.1, 0.15) is 0 Å². The van der Waals surface area contributed by atoms with E-state index in [4.69, 9.17) is 4.43 Å². The first-order valence-corrected chi connectivity index (χ1v) is 13.1. The smallest absolute Gasteiger partial charge is 0.191 e. The maximum atomic E-state index is 6.58.